The highest BCUT2D eigenvalue weighted by Crippen LogP contribution is 2.00. The first-order valence-corrected chi connectivity index (χ1v) is 4.59. The summed E-state index contributed by atoms with van der Waals surface area (Å²) in [6.07, 6.45) is 5.09. The molecule has 0 atom stereocenters. The minimum absolute atomic E-state index is 0.186. The summed E-state index contributed by atoms with van der Waals surface area (Å²) in [5, 5.41) is 3.09. The molecule has 0 saturated carbocycles. The number of carbonyl (C=O) groups excluding carboxylic acids is 1. The lowest BCUT2D eigenvalue weighted by Crippen LogP contribution is -2.14. The Morgan fingerprint density at radius 2 is 2.29 bits per heavy atom. The van der Waals surface area contributed by atoms with Gasteiger partial charge in [0.15, 0.2) is 0 Å². The molecule has 3 N–H and O–H groups in total. The van der Waals surface area contributed by atoms with E-state index in [2.05, 4.69) is 22.2 Å². The van der Waals surface area contributed by atoms with Crippen LogP contribution >= 0.6 is 0 Å². The lowest BCUT2D eigenvalue weighted by Gasteiger charge is -2.03. The molecule has 0 fully saturated rings. The van der Waals surface area contributed by atoms with Crippen LogP contribution in [0.2, 0.25) is 0 Å². The Bertz CT molecular complexity index is 296. The lowest BCUT2D eigenvalue weighted by molar-refractivity contribution is 0.0995. The third-order valence-electron chi connectivity index (χ3n) is 1.74. The van der Waals surface area contributed by atoms with Crippen molar-refractivity contribution in [2.24, 2.45) is 5.73 Å². The van der Waals surface area contributed by atoms with Gasteiger partial charge in [-0.1, -0.05) is 13.3 Å². The van der Waals surface area contributed by atoms with Crippen molar-refractivity contribution in [3.8, 4) is 0 Å². The molecule has 0 unspecified atom stereocenters. The summed E-state index contributed by atoms with van der Waals surface area (Å²) >= 11 is 0. The number of rotatable bonds is 5. The Hall–Kier alpha value is -1.65. The molecule has 0 bridgehead atoms. The van der Waals surface area contributed by atoms with Gasteiger partial charge in [0.05, 0.1) is 12.4 Å². The van der Waals surface area contributed by atoms with Gasteiger partial charge in [-0.2, -0.15) is 0 Å². The van der Waals surface area contributed by atoms with Gasteiger partial charge in [-0.05, 0) is 6.42 Å². The Morgan fingerprint density at radius 3 is 2.79 bits per heavy atom. The number of hydrogen-bond donors (Lipinski definition) is 2. The molecule has 1 aromatic rings. The van der Waals surface area contributed by atoms with E-state index in [-0.39, 0.29) is 5.69 Å². The zero-order valence-corrected chi connectivity index (χ0v) is 8.16. The first-order chi connectivity index (χ1) is 6.74. The van der Waals surface area contributed by atoms with E-state index in [1.807, 2.05) is 0 Å². The van der Waals surface area contributed by atoms with Crippen molar-refractivity contribution in [3.63, 3.8) is 0 Å². The molecule has 0 aromatic carbocycles. The second-order valence-corrected chi connectivity index (χ2v) is 2.93. The molecule has 5 heteroatoms. The molecule has 0 radical (unpaired) electrons. The van der Waals surface area contributed by atoms with Gasteiger partial charge in [0.25, 0.3) is 5.91 Å². The van der Waals surface area contributed by atoms with Crippen LogP contribution in [0.1, 0.15) is 30.3 Å². The van der Waals surface area contributed by atoms with Gasteiger partial charge in [0, 0.05) is 6.54 Å². The highest BCUT2D eigenvalue weighted by molar-refractivity contribution is 5.90. The third-order valence-corrected chi connectivity index (χ3v) is 1.74. The molecular weight excluding hydrogens is 180 g/mol. The van der Waals surface area contributed by atoms with E-state index in [4.69, 9.17) is 5.73 Å². The average molecular weight is 194 g/mol. The summed E-state index contributed by atoms with van der Waals surface area (Å²) in [7, 11) is 0. The van der Waals surface area contributed by atoms with Crippen molar-refractivity contribution in [3.05, 3.63) is 18.1 Å². The maximum Gasteiger partial charge on any atom is 0.268 e. The van der Waals surface area contributed by atoms with Crippen LogP contribution in [0.3, 0.4) is 0 Å². The molecule has 1 aromatic heterocycles. The Labute approximate surface area is 82.7 Å². The molecule has 0 aliphatic heterocycles. The van der Waals surface area contributed by atoms with E-state index in [1.54, 1.807) is 0 Å². The summed E-state index contributed by atoms with van der Waals surface area (Å²) in [6.45, 7) is 2.98. The van der Waals surface area contributed by atoms with Crippen LogP contribution in [0.15, 0.2) is 12.4 Å². The summed E-state index contributed by atoms with van der Waals surface area (Å²) in [5.41, 5.74) is 5.21. The zero-order valence-electron chi connectivity index (χ0n) is 8.16. The maximum atomic E-state index is 10.7. The first-order valence-electron chi connectivity index (χ1n) is 4.59. The van der Waals surface area contributed by atoms with Crippen LogP contribution in [0.5, 0.6) is 0 Å². The standard InChI is InChI=1S/C9H14N4O/c1-2-3-4-11-8-6-12-7(5-13-8)9(10)14/h5-6H,2-4H2,1H3,(H2,10,14)(H,11,13). The molecule has 1 heterocycles. The van der Waals surface area contributed by atoms with E-state index in [1.165, 1.54) is 12.4 Å². The van der Waals surface area contributed by atoms with Crippen molar-refractivity contribution >= 4 is 11.7 Å². The van der Waals surface area contributed by atoms with Gasteiger partial charge in [-0.25, -0.2) is 9.97 Å². The van der Waals surface area contributed by atoms with Gasteiger partial charge in [0.1, 0.15) is 11.5 Å². The largest absolute Gasteiger partial charge is 0.369 e. The molecule has 1 amide bonds. The van der Waals surface area contributed by atoms with Gasteiger partial charge >= 0.3 is 0 Å². The predicted octanol–water partition coefficient (Wildman–Crippen LogP) is 0.788. The second kappa shape index (κ2) is 5.16. The quantitative estimate of drug-likeness (QED) is 0.679. The molecule has 0 spiro atoms. The first kappa shape index (κ1) is 10.4. The molecule has 14 heavy (non-hydrogen) atoms. The molecule has 76 valence electrons. The average Bonchev–Trinajstić information content (AvgIpc) is 2.19. The van der Waals surface area contributed by atoms with E-state index in [9.17, 15) is 4.79 Å². The summed E-state index contributed by atoms with van der Waals surface area (Å²) in [5.74, 6) is 0.112. The minimum atomic E-state index is -0.558. The van der Waals surface area contributed by atoms with E-state index in [0.29, 0.717) is 5.82 Å². The van der Waals surface area contributed by atoms with Crippen molar-refractivity contribution in [2.75, 3.05) is 11.9 Å². The summed E-state index contributed by atoms with van der Waals surface area (Å²) in [4.78, 5) is 18.5. The fourth-order valence-corrected chi connectivity index (χ4v) is 0.940. The van der Waals surface area contributed by atoms with E-state index in [0.717, 1.165) is 19.4 Å². The van der Waals surface area contributed by atoms with Crippen molar-refractivity contribution < 1.29 is 4.79 Å². The topological polar surface area (TPSA) is 80.9 Å². The number of amides is 1. The number of nitrogens with zero attached hydrogens (tertiary/aromatic N) is 2. The van der Waals surface area contributed by atoms with Crippen LogP contribution < -0.4 is 11.1 Å². The SMILES string of the molecule is CCCCNc1cnc(C(N)=O)cn1. The van der Waals surface area contributed by atoms with Crippen molar-refractivity contribution in [1.82, 2.24) is 9.97 Å². The van der Waals surface area contributed by atoms with Crippen LogP contribution in [-0.4, -0.2) is 22.4 Å². The fraction of sp³-hybridized carbons (Fsp3) is 0.444. The molecule has 0 aliphatic carbocycles. The van der Waals surface area contributed by atoms with Gasteiger partial charge in [0.2, 0.25) is 0 Å². The number of unbranched alkanes of at least 4 members (excludes halogenated alkanes) is 1. The van der Waals surface area contributed by atoms with Crippen LogP contribution in [-0.2, 0) is 0 Å². The Balaban J connectivity index is 2.51. The smallest absolute Gasteiger partial charge is 0.268 e. The molecular formula is C9H14N4O. The number of nitrogens with two attached hydrogens (primary N) is 1. The normalized spacial score (nSPS) is 9.79. The number of hydrogen-bond acceptors (Lipinski definition) is 4. The monoisotopic (exact) mass is 194 g/mol. The van der Waals surface area contributed by atoms with Crippen LogP contribution in [0.4, 0.5) is 5.82 Å². The number of carbonyl (C=O) groups is 1. The van der Waals surface area contributed by atoms with E-state index >= 15 is 0 Å². The lowest BCUT2D eigenvalue weighted by atomic mass is 10.3. The fourth-order valence-electron chi connectivity index (χ4n) is 0.940. The van der Waals surface area contributed by atoms with Gasteiger partial charge in [-0.3, -0.25) is 4.79 Å². The number of primary amides is 1. The van der Waals surface area contributed by atoms with Gasteiger partial charge < -0.3 is 11.1 Å². The van der Waals surface area contributed by atoms with Gasteiger partial charge in [-0.15, -0.1) is 0 Å². The molecule has 5 nitrogen and oxygen atoms in total. The van der Waals surface area contributed by atoms with Crippen molar-refractivity contribution in [2.45, 2.75) is 19.8 Å². The highest BCUT2D eigenvalue weighted by atomic mass is 16.1. The highest BCUT2D eigenvalue weighted by Gasteiger charge is 2.01. The van der Waals surface area contributed by atoms with E-state index < -0.39 is 5.91 Å². The molecule has 0 aliphatic rings. The zero-order chi connectivity index (χ0) is 10.4. The minimum Gasteiger partial charge on any atom is -0.369 e. The Morgan fingerprint density at radius 1 is 1.50 bits per heavy atom. The molecule has 1 rings (SSSR count). The summed E-state index contributed by atoms with van der Waals surface area (Å²) in [6, 6.07) is 0. The summed E-state index contributed by atoms with van der Waals surface area (Å²) < 4.78 is 0. The van der Waals surface area contributed by atoms with Crippen LogP contribution in [0, 0.1) is 0 Å². The van der Waals surface area contributed by atoms with Crippen molar-refractivity contribution in [1.29, 1.82) is 0 Å². The number of aromatic nitrogens is 2. The Kier molecular flexibility index (Phi) is 3.84. The third kappa shape index (κ3) is 3.01. The predicted molar refractivity (Wildman–Crippen MR) is 53.9 cm³/mol. The maximum absolute atomic E-state index is 10.7. The number of nitrogens with one attached hydrogen (secondary N) is 1. The molecule has 0 saturated heterocycles. The van der Waals surface area contributed by atoms with Crippen LogP contribution in [0.25, 0.3) is 0 Å². The second-order valence-electron chi connectivity index (χ2n) is 2.93. The number of anilines is 1.